The normalized spacial score (nSPS) is 9.73. The first-order valence-electron chi connectivity index (χ1n) is 3.28. The molecule has 0 aliphatic rings. The number of aryl methyl sites for hydroxylation is 2. The summed E-state index contributed by atoms with van der Waals surface area (Å²) in [6, 6.07) is 0. The van der Waals surface area contributed by atoms with Crippen molar-refractivity contribution in [2.24, 2.45) is 0 Å². The minimum absolute atomic E-state index is 0.684. The molecule has 0 spiro atoms. The molecule has 1 rings (SSSR count). The standard InChI is InChI=1S/C8H9BrN2/c1-4-7-10-5(2)8(9)6(3)11-7/h4H,1H2,2-3H3. The molecule has 2 nitrogen and oxygen atoms in total. The fourth-order valence-electron chi connectivity index (χ4n) is 0.820. The first-order valence-corrected chi connectivity index (χ1v) is 4.07. The molecule has 0 fully saturated rings. The van der Waals surface area contributed by atoms with Gasteiger partial charge < -0.3 is 0 Å². The van der Waals surface area contributed by atoms with Crippen LogP contribution in [0.3, 0.4) is 0 Å². The van der Waals surface area contributed by atoms with Gasteiger partial charge in [-0.2, -0.15) is 0 Å². The summed E-state index contributed by atoms with van der Waals surface area (Å²) in [4.78, 5) is 8.35. The topological polar surface area (TPSA) is 25.8 Å². The number of rotatable bonds is 1. The lowest BCUT2D eigenvalue weighted by molar-refractivity contribution is 1.01. The number of aromatic nitrogens is 2. The quantitative estimate of drug-likeness (QED) is 0.716. The van der Waals surface area contributed by atoms with Crippen LogP contribution in [-0.2, 0) is 0 Å². The molecule has 1 aromatic rings. The van der Waals surface area contributed by atoms with Gasteiger partial charge in [-0.1, -0.05) is 6.58 Å². The monoisotopic (exact) mass is 212 g/mol. The van der Waals surface area contributed by atoms with Crippen LogP contribution in [0.5, 0.6) is 0 Å². The minimum atomic E-state index is 0.684. The molecular formula is C8H9BrN2. The highest BCUT2D eigenvalue weighted by molar-refractivity contribution is 9.10. The maximum Gasteiger partial charge on any atom is 0.151 e. The Morgan fingerprint density at radius 2 is 1.73 bits per heavy atom. The summed E-state index contributed by atoms with van der Waals surface area (Å²) in [7, 11) is 0. The molecule has 0 bridgehead atoms. The summed E-state index contributed by atoms with van der Waals surface area (Å²) in [5, 5.41) is 0. The van der Waals surface area contributed by atoms with E-state index in [2.05, 4.69) is 32.5 Å². The highest BCUT2D eigenvalue weighted by Crippen LogP contribution is 2.17. The van der Waals surface area contributed by atoms with Crippen molar-refractivity contribution >= 4 is 22.0 Å². The summed E-state index contributed by atoms with van der Waals surface area (Å²) >= 11 is 3.38. The molecule has 3 heteroatoms. The van der Waals surface area contributed by atoms with E-state index in [0.29, 0.717) is 5.82 Å². The molecule has 1 aromatic heterocycles. The van der Waals surface area contributed by atoms with Gasteiger partial charge in [-0.3, -0.25) is 0 Å². The van der Waals surface area contributed by atoms with Crippen LogP contribution in [0, 0.1) is 13.8 Å². The van der Waals surface area contributed by atoms with Crippen LogP contribution in [0.25, 0.3) is 6.08 Å². The van der Waals surface area contributed by atoms with Gasteiger partial charge in [0.1, 0.15) is 0 Å². The Hall–Kier alpha value is -0.700. The Labute approximate surface area is 74.5 Å². The molecule has 0 aliphatic heterocycles. The summed E-state index contributed by atoms with van der Waals surface area (Å²) < 4.78 is 0.975. The fraction of sp³-hybridized carbons (Fsp3) is 0.250. The van der Waals surface area contributed by atoms with E-state index in [-0.39, 0.29) is 0 Å². The van der Waals surface area contributed by atoms with E-state index in [4.69, 9.17) is 0 Å². The van der Waals surface area contributed by atoms with Gasteiger partial charge in [0.25, 0.3) is 0 Å². The summed E-state index contributed by atoms with van der Waals surface area (Å²) in [6.45, 7) is 7.48. The van der Waals surface area contributed by atoms with Gasteiger partial charge in [-0.05, 0) is 35.9 Å². The summed E-state index contributed by atoms with van der Waals surface area (Å²) in [5.74, 6) is 0.684. The molecule has 0 aromatic carbocycles. The van der Waals surface area contributed by atoms with E-state index in [1.807, 2.05) is 13.8 Å². The second-order valence-corrected chi connectivity index (χ2v) is 3.06. The first-order chi connectivity index (χ1) is 5.15. The summed E-state index contributed by atoms with van der Waals surface area (Å²) in [5.41, 5.74) is 1.90. The predicted octanol–water partition coefficient (Wildman–Crippen LogP) is 2.50. The fourth-order valence-corrected chi connectivity index (χ4v) is 0.997. The van der Waals surface area contributed by atoms with Crippen molar-refractivity contribution in [2.75, 3.05) is 0 Å². The third-order valence-corrected chi connectivity index (χ3v) is 2.53. The molecule has 1 heterocycles. The van der Waals surface area contributed by atoms with Crippen LogP contribution in [0.15, 0.2) is 11.1 Å². The average Bonchev–Trinajstić information content (AvgIpc) is 1.99. The van der Waals surface area contributed by atoms with E-state index >= 15 is 0 Å². The number of halogens is 1. The van der Waals surface area contributed by atoms with Gasteiger partial charge in [0.2, 0.25) is 0 Å². The minimum Gasteiger partial charge on any atom is -0.233 e. The zero-order chi connectivity index (χ0) is 8.43. The van der Waals surface area contributed by atoms with E-state index in [1.54, 1.807) is 6.08 Å². The van der Waals surface area contributed by atoms with Gasteiger partial charge >= 0.3 is 0 Å². The predicted molar refractivity (Wildman–Crippen MR) is 49.3 cm³/mol. The second-order valence-electron chi connectivity index (χ2n) is 2.27. The van der Waals surface area contributed by atoms with Gasteiger partial charge in [0.05, 0.1) is 15.9 Å². The molecular weight excluding hydrogens is 204 g/mol. The largest absolute Gasteiger partial charge is 0.233 e. The Bertz CT molecular complexity index is 271. The van der Waals surface area contributed by atoms with Crippen LogP contribution in [0.4, 0.5) is 0 Å². The van der Waals surface area contributed by atoms with Crippen LogP contribution < -0.4 is 0 Å². The summed E-state index contributed by atoms with van der Waals surface area (Å²) in [6.07, 6.45) is 1.65. The number of nitrogens with zero attached hydrogens (tertiary/aromatic N) is 2. The Kier molecular flexibility index (Phi) is 2.39. The number of hydrogen-bond donors (Lipinski definition) is 0. The lowest BCUT2D eigenvalue weighted by Crippen LogP contribution is -1.95. The van der Waals surface area contributed by atoms with Gasteiger partial charge in [-0.25, -0.2) is 9.97 Å². The molecule has 0 amide bonds. The SMILES string of the molecule is C=Cc1nc(C)c(Br)c(C)n1. The van der Waals surface area contributed by atoms with Crippen molar-refractivity contribution in [1.82, 2.24) is 9.97 Å². The maximum atomic E-state index is 4.18. The first kappa shape index (κ1) is 8.40. The molecule has 0 saturated heterocycles. The van der Waals surface area contributed by atoms with Gasteiger partial charge in [0.15, 0.2) is 5.82 Å². The van der Waals surface area contributed by atoms with Crippen LogP contribution in [0.1, 0.15) is 17.2 Å². The lowest BCUT2D eigenvalue weighted by atomic mass is 10.3. The molecule has 58 valence electrons. The number of hydrogen-bond acceptors (Lipinski definition) is 2. The van der Waals surface area contributed by atoms with Crippen molar-refractivity contribution in [3.8, 4) is 0 Å². The van der Waals surface area contributed by atoms with Gasteiger partial charge in [0, 0.05) is 0 Å². The molecule has 0 unspecified atom stereocenters. The molecule has 0 aliphatic carbocycles. The van der Waals surface area contributed by atoms with Crippen molar-refractivity contribution < 1.29 is 0 Å². The van der Waals surface area contributed by atoms with Crippen LogP contribution in [0.2, 0.25) is 0 Å². The zero-order valence-corrected chi connectivity index (χ0v) is 8.14. The van der Waals surface area contributed by atoms with Crippen LogP contribution in [-0.4, -0.2) is 9.97 Å². The average molecular weight is 213 g/mol. The lowest BCUT2D eigenvalue weighted by Gasteiger charge is -2.01. The van der Waals surface area contributed by atoms with E-state index in [1.165, 1.54) is 0 Å². The Morgan fingerprint density at radius 3 is 2.09 bits per heavy atom. The third-order valence-electron chi connectivity index (χ3n) is 1.38. The van der Waals surface area contributed by atoms with E-state index in [0.717, 1.165) is 15.9 Å². The second kappa shape index (κ2) is 3.13. The molecule has 0 atom stereocenters. The van der Waals surface area contributed by atoms with E-state index in [9.17, 15) is 0 Å². The van der Waals surface area contributed by atoms with Crippen molar-refractivity contribution in [1.29, 1.82) is 0 Å². The third kappa shape index (κ3) is 1.66. The molecule has 0 saturated carbocycles. The maximum absolute atomic E-state index is 4.18. The molecule has 11 heavy (non-hydrogen) atoms. The highest BCUT2D eigenvalue weighted by Gasteiger charge is 2.01. The van der Waals surface area contributed by atoms with Crippen molar-refractivity contribution in [2.45, 2.75) is 13.8 Å². The smallest absolute Gasteiger partial charge is 0.151 e. The van der Waals surface area contributed by atoms with Crippen molar-refractivity contribution in [3.63, 3.8) is 0 Å². The molecule has 0 radical (unpaired) electrons. The molecule has 0 N–H and O–H groups in total. The van der Waals surface area contributed by atoms with E-state index < -0.39 is 0 Å². The van der Waals surface area contributed by atoms with Crippen LogP contribution >= 0.6 is 15.9 Å². The van der Waals surface area contributed by atoms with Crippen molar-refractivity contribution in [3.05, 3.63) is 28.3 Å². The highest BCUT2D eigenvalue weighted by atomic mass is 79.9. The zero-order valence-electron chi connectivity index (χ0n) is 6.56. The van der Waals surface area contributed by atoms with Gasteiger partial charge in [-0.15, -0.1) is 0 Å². The Morgan fingerprint density at radius 1 is 1.27 bits per heavy atom. The Balaban J connectivity index is 3.31.